The van der Waals surface area contributed by atoms with Gasteiger partial charge < -0.3 is 5.32 Å². The maximum Gasteiger partial charge on any atom is 0.0537 e. The quantitative estimate of drug-likeness (QED) is 0.910. The van der Waals surface area contributed by atoms with E-state index in [2.05, 4.69) is 41.6 Å². The molecule has 1 aromatic heterocycles. The van der Waals surface area contributed by atoms with Crippen molar-refractivity contribution in [2.24, 2.45) is 7.05 Å². The van der Waals surface area contributed by atoms with Gasteiger partial charge in [0.15, 0.2) is 0 Å². The molecule has 0 bridgehead atoms. The van der Waals surface area contributed by atoms with Gasteiger partial charge in [0.1, 0.15) is 0 Å². The fourth-order valence-electron chi connectivity index (χ4n) is 2.96. The number of nitrogens with one attached hydrogen (secondary N) is 1. The average molecular weight is 255 g/mol. The third-order valence-corrected chi connectivity index (χ3v) is 4.30. The predicted octanol–water partition coefficient (Wildman–Crippen LogP) is 2.55. The van der Waals surface area contributed by atoms with Gasteiger partial charge in [-0.25, -0.2) is 0 Å². The molecule has 2 aromatic rings. The van der Waals surface area contributed by atoms with E-state index < -0.39 is 0 Å². The lowest BCUT2D eigenvalue weighted by Gasteiger charge is -2.12. The lowest BCUT2D eigenvalue weighted by atomic mass is 10.0. The topological polar surface area (TPSA) is 29.9 Å². The molecule has 0 radical (unpaired) electrons. The van der Waals surface area contributed by atoms with E-state index >= 15 is 0 Å². The van der Waals surface area contributed by atoms with Crippen molar-refractivity contribution in [3.63, 3.8) is 0 Å². The van der Waals surface area contributed by atoms with Crippen molar-refractivity contribution < 1.29 is 0 Å². The highest BCUT2D eigenvalue weighted by Crippen LogP contribution is 2.32. The smallest absolute Gasteiger partial charge is 0.0537 e. The summed E-state index contributed by atoms with van der Waals surface area (Å²) in [6.07, 6.45) is 4.47. The van der Waals surface area contributed by atoms with Crippen LogP contribution in [0.25, 0.3) is 0 Å². The maximum absolute atomic E-state index is 4.28. The number of aryl methyl sites for hydroxylation is 2. The number of aromatic nitrogens is 2. The van der Waals surface area contributed by atoms with Crippen molar-refractivity contribution in [1.82, 2.24) is 15.1 Å². The second-order valence-electron chi connectivity index (χ2n) is 5.44. The van der Waals surface area contributed by atoms with E-state index in [1.165, 1.54) is 35.2 Å². The van der Waals surface area contributed by atoms with Gasteiger partial charge in [-0.2, -0.15) is 5.10 Å². The maximum atomic E-state index is 4.28. The van der Waals surface area contributed by atoms with Crippen molar-refractivity contribution >= 4 is 0 Å². The molecule has 3 nitrogen and oxygen atoms in total. The third kappa shape index (κ3) is 2.43. The molecule has 0 saturated heterocycles. The number of hydrogen-bond acceptors (Lipinski definition) is 2. The Balaban J connectivity index is 1.58. The van der Waals surface area contributed by atoms with E-state index in [9.17, 15) is 0 Å². The van der Waals surface area contributed by atoms with Gasteiger partial charge in [-0.1, -0.05) is 24.3 Å². The summed E-state index contributed by atoms with van der Waals surface area (Å²) in [6, 6.07) is 8.85. The number of rotatable bonds is 4. The van der Waals surface area contributed by atoms with Gasteiger partial charge in [-0.3, -0.25) is 4.68 Å². The Hall–Kier alpha value is -1.61. The van der Waals surface area contributed by atoms with Crippen molar-refractivity contribution in [2.45, 2.75) is 32.2 Å². The van der Waals surface area contributed by atoms with Crippen LogP contribution in [0.1, 0.15) is 34.7 Å². The first-order valence-corrected chi connectivity index (χ1v) is 7.01. The van der Waals surface area contributed by atoms with E-state index in [-0.39, 0.29) is 0 Å². The zero-order valence-electron chi connectivity index (χ0n) is 11.7. The zero-order chi connectivity index (χ0) is 13.2. The predicted molar refractivity (Wildman–Crippen MR) is 77.2 cm³/mol. The Morgan fingerprint density at radius 3 is 3.00 bits per heavy atom. The fraction of sp³-hybridized carbons (Fsp3) is 0.438. The summed E-state index contributed by atoms with van der Waals surface area (Å²) in [7, 11) is 1.99. The molecule has 1 heterocycles. The lowest BCUT2D eigenvalue weighted by Crippen LogP contribution is -2.20. The van der Waals surface area contributed by atoms with Gasteiger partial charge in [-0.15, -0.1) is 0 Å². The van der Waals surface area contributed by atoms with E-state index in [0.29, 0.717) is 5.92 Å². The Morgan fingerprint density at radius 2 is 2.21 bits per heavy atom. The second-order valence-corrected chi connectivity index (χ2v) is 5.44. The molecule has 1 aliphatic rings. The second kappa shape index (κ2) is 5.17. The Kier molecular flexibility index (Phi) is 3.38. The minimum Gasteiger partial charge on any atom is -0.312 e. The fourth-order valence-corrected chi connectivity index (χ4v) is 2.96. The molecule has 19 heavy (non-hydrogen) atoms. The van der Waals surface area contributed by atoms with Crippen LogP contribution >= 0.6 is 0 Å². The van der Waals surface area contributed by atoms with Crippen LogP contribution in [0.5, 0.6) is 0 Å². The Labute approximate surface area is 114 Å². The SMILES string of the molecule is Cc1c(CNCC2CCc3ccccc32)cnn1C. The molecule has 0 aliphatic heterocycles. The molecule has 0 fully saturated rings. The zero-order valence-corrected chi connectivity index (χ0v) is 11.7. The minimum absolute atomic E-state index is 0.674. The first-order chi connectivity index (χ1) is 9.25. The summed E-state index contributed by atoms with van der Waals surface area (Å²) in [6.45, 7) is 4.10. The Morgan fingerprint density at radius 1 is 1.37 bits per heavy atom. The van der Waals surface area contributed by atoms with E-state index in [1.54, 1.807) is 0 Å². The van der Waals surface area contributed by atoms with Crippen LogP contribution in [-0.4, -0.2) is 16.3 Å². The summed E-state index contributed by atoms with van der Waals surface area (Å²) >= 11 is 0. The van der Waals surface area contributed by atoms with Crippen LogP contribution in [0.3, 0.4) is 0 Å². The molecule has 1 unspecified atom stereocenters. The number of benzene rings is 1. The number of nitrogens with zero attached hydrogens (tertiary/aromatic N) is 2. The molecule has 1 atom stereocenters. The van der Waals surface area contributed by atoms with Gasteiger partial charge in [0, 0.05) is 31.4 Å². The van der Waals surface area contributed by atoms with Crippen LogP contribution in [0.2, 0.25) is 0 Å². The first kappa shape index (κ1) is 12.4. The molecule has 0 amide bonds. The highest BCUT2D eigenvalue weighted by atomic mass is 15.3. The number of hydrogen-bond donors (Lipinski definition) is 1. The van der Waals surface area contributed by atoms with Crippen molar-refractivity contribution in [3.8, 4) is 0 Å². The standard InChI is InChI=1S/C16H21N3/c1-12-15(11-18-19(12)2)10-17-9-14-8-7-13-5-3-4-6-16(13)14/h3-6,11,14,17H,7-10H2,1-2H3. The van der Waals surface area contributed by atoms with Gasteiger partial charge in [0.2, 0.25) is 0 Å². The van der Waals surface area contributed by atoms with Gasteiger partial charge >= 0.3 is 0 Å². The Bertz CT molecular complexity index is 571. The molecule has 0 spiro atoms. The molecule has 3 rings (SSSR count). The van der Waals surface area contributed by atoms with E-state index in [4.69, 9.17) is 0 Å². The minimum atomic E-state index is 0.674. The van der Waals surface area contributed by atoms with Crippen LogP contribution in [0, 0.1) is 6.92 Å². The monoisotopic (exact) mass is 255 g/mol. The molecule has 1 aliphatic carbocycles. The highest BCUT2D eigenvalue weighted by Gasteiger charge is 2.21. The molecule has 100 valence electrons. The molecule has 1 aromatic carbocycles. The summed E-state index contributed by atoms with van der Waals surface area (Å²) in [5.41, 5.74) is 5.62. The van der Waals surface area contributed by atoms with Crippen LogP contribution in [-0.2, 0) is 20.0 Å². The van der Waals surface area contributed by atoms with Crippen molar-refractivity contribution in [3.05, 3.63) is 52.8 Å². The summed E-state index contributed by atoms with van der Waals surface area (Å²) < 4.78 is 1.93. The molecular weight excluding hydrogens is 234 g/mol. The van der Waals surface area contributed by atoms with E-state index in [1.807, 2.05) is 17.9 Å². The van der Waals surface area contributed by atoms with Gasteiger partial charge in [0.05, 0.1) is 6.20 Å². The van der Waals surface area contributed by atoms with Gasteiger partial charge in [0.25, 0.3) is 0 Å². The first-order valence-electron chi connectivity index (χ1n) is 7.01. The van der Waals surface area contributed by atoms with E-state index in [0.717, 1.165) is 13.1 Å². The van der Waals surface area contributed by atoms with Crippen molar-refractivity contribution in [2.75, 3.05) is 6.54 Å². The number of fused-ring (bicyclic) bond motifs is 1. The van der Waals surface area contributed by atoms with Gasteiger partial charge in [-0.05, 0) is 36.8 Å². The molecule has 0 saturated carbocycles. The van der Waals surface area contributed by atoms with Crippen molar-refractivity contribution in [1.29, 1.82) is 0 Å². The highest BCUT2D eigenvalue weighted by molar-refractivity contribution is 5.35. The molecular formula is C16H21N3. The van der Waals surface area contributed by atoms with Crippen LogP contribution in [0.4, 0.5) is 0 Å². The summed E-state index contributed by atoms with van der Waals surface area (Å²) in [5.74, 6) is 0.674. The van der Waals surface area contributed by atoms with Crippen LogP contribution in [0.15, 0.2) is 30.5 Å². The van der Waals surface area contributed by atoms with Crippen LogP contribution < -0.4 is 5.32 Å². The molecule has 1 N–H and O–H groups in total. The normalized spacial score (nSPS) is 17.7. The summed E-state index contributed by atoms with van der Waals surface area (Å²) in [4.78, 5) is 0. The molecule has 3 heteroatoms. The lowest BCUT2D eigenvalue weighted by molar-refractivity contribution is 0.577. The summed E-state index contributed by atoms with van der Waals surface area (Å²) in [5, 5.41) is 7.86. The third-order valence-electron chi connectivity index (χ3n) is 4.30. The largest absolute Gasteiger partial charge is 0.312 e. The average Bonchev–Trinajstić information content (AvgIpc) is 2.97.